The van der Waals surface area contributed by atoms with E-state index in [1.165, 1.54) is 31.7 Å². The van der Waals surface area contributed by atoms with E-state index in [0.717, 1.165) is 30.0 Å². The molecule has 5 nitrogen and oxygen atoms in total. The van der Waals surface area contributed by atoms with Crippen molar-refractivity contribution in [2.24, 2.45) is 17.8 Å². The Hall–Kier alpha value is -1.65. The summed E-state index contributed by atoms with van der Waals surface area (Å²) < 4.78 is 0. The van der Waals surface area contributed by atoms with Gasteiger partial charge >= 0.3 is 5.82 Å². The van der Waals surface area contributed by atoms with Crippen LogP contribution in [0.3, 0.4) is 0 Å². The fourth-order valence-corrected chi connectivity index (χ4v) is 2.60. The number of nitrogens with one attached hydrogen (secondary N) is 1. The molecule has 0 amide bonds. The molecular formula is C13H17N3O2. The minimum Gasteiger partial charge on any atom is -0.382 e. The molecule has 1 aromatic heterocycles. The highest BCUT2D eigenvalue weighted by Gasteiger charge is 2.40. The first-order chi connectivity index (χ1) is 8.74. The number of rotatable bonds is 6. The quantitative estimate of drug-likeness (QED) is 0.620. The normalized spacial score (nSPS) is 18.9. The predicted octanol–water partition coefficient (Wildman–Crippen LogP) is 2.84. The summed E-state index contributed by atoms with van der Waals surface area (Å²) in [4.78, 5) is 13.8. The molecule has 2 aliphatic carbocycles. The van der Waals surface area contributed by atoms with Crippen LogP contribution in [-0.4, -0.2) is 16.5 Å². The van der Waals surface area contributed by atoms with Crippen LogP contribution in [0.4, 0.5) is 11.5 Å². The number of hydrogen-bond donors (Lipinski definition) is 1. The molecule has 1 N–H and O–H groups in total. The lowest BCUT2D eigenvalue weighted by molar-refractivity contribution is -0.389. The zero-order valence-electron chi connectivity index (χ0n) is 10.2. The van der Waals surface area contributed by atoms with Crippen molar-refractivity contribution in [1.82, 2.24) is 4.98 Å². The lowest BCUT2D eigenvalue weighted by Gasteiger charge is -2.16. The van der Waals surface area contributed by atoms with Gasteiger partial charge in [-0.3, -0.25) is 0 Å². The predicted molar refractivity (Wildman–Crippen MR) is 68.3 cm³/mol. The molecule has 0 radical (unpaired) electrons. The molecule has 0 atom stereocenters. The largest absolute Gasteiger partial charge is 0.382 e. The maximum atomic E-state index is 10.5. The second-order valence-corrected chi connectivity index (χ2v) is 5.38. The maximum Gasteiger partial charge on any atom is 0.363 e. The third-order valence-corrected chi connectivity index (χ3v) is 3.93. The van der Waals surface area contributed by atoms with Gasteiger partial charge in [0, 0.05) is 12.6 Å². The molecule has 3 rings (SSSR count). The first-order valence-electron chi connectivity index (χ1n) is 6.58. The molecule has 2 aliphatic rings. The molecule has 96 valence electrons. The lowest BCUT2D eigenvalue weighted by atomic mass is 9.98. The Bertz CT molecular complexity index is 426. The minimum absolute atomic E-state index is 0.0958. The van der Waals surface area contributed by atoms with E-state index in [9.17, 15) is 10.1 Å². The van der Waals surface area contributed by atoms with Crippen LogP contribution in [0, 0.1) is 27.9 Å². The summed E-state index contributed by atoms with van der Waals surface area (Å²) in [5.74, 6) is 2.52. The van der Waals surface area contributed by atoms with Gasteiger partial charge in [0.2, 0.25) is 0 Å². The van der Waals surface area contributed by atoms with Crippen molar-refractivity contribution in [2.75, 3.05) is 11.9 Å². The molecule has 0 spiro atoms. The van der Waals surface area contributed by atoms with Crippen LogP contribution in [0.15, 0.2) is 18.3 Å². The van der Waals surface area contributed by atoms with Crippen LogP contribution in [0.5, 0.6) is 0 Å². The Kier molecular flexibility index (Phi) is 2.89. The van der Waals surface area contributed by atoms with Gasteiger partial charge in [-0.15, -0.1) is 0 Å². The van der Waals surface area contributed by atoms with E-state index in [0.29, 0.717) is 0 Å². The summed E-state index contributed by atoms with van der Waals surface area (Å²) in [5, 5.41) is 13.9. The van der Waals surface area contributed by atoms with E-state index in [1.54, 1.807) is 12.3 Å². The number of nitrogens with zero attached hydrogens (tertiary/aromatic N) is 2. The molecule has 0 aliphatic heterocycles. The first kappa shape index (κ1) is 11.4. The number of pyridine rings is 1. The van der Waals surface area contributed by atoms with E-state index >= 15 is 0 Å². The molecule has 1 heterocycles. The van der Waals surface area contributed by atoms with E-state index in [2.05, 4.69) is 10.3 Å². The van der Waals surface area contributed by atoms with Gasteiger partial charge in [-0.05, 0) is 59.4 Å². The highest BCUT2D eigenvalue weighted by molar-refractivity contribution is 5.43. The van der Waals surface area contributed by atoms with Gasteiger partial charge in [0.1, 0.15) is 0 Å². The zero-order chi connectivity index (χ0) is 12.5. The molecule has 2 saturated carbocycles. The summed E-state index contributed by atoms with van der Waals surface area (Å²) >= 11 is 0. The van der Waals surface area contributed by atoms with Crippen molar-refractivity contribution >= 4 is 11.5 Å². The van der Waals surface area contributed by atoms with Crippen LogP contribution < -0.4 is 5.32 Å². The van der Waals surface area contributed by atoms with Crippen LogP contribution in [0.25, 0.3) is 0 Å². The molecule has 2 fully saturated rings. The Morgan fingerprint density at radius 1 is 1.33 bits per heavy atom. The monoisotopic (exact) mass is 247 g/mol. The van der Waals surface area contributed by atoms with E-state index < -0.39 is 4.92 Å². The molecule has 0 aromatic carbocycles. The fraction of sp³-hybridized carbons (Fsp3) is 0.615. The third-order valence-electron chi connectivity index (χ3n) is 3.93. The van der Waals surface area contributed by atoms with Gasteiger partial charge in [0.25, 0.3) is 0 Å². The van der Waals surface area contributed by atoms with E-state index in [1.807, 2.05) is 0 Å². The fourth-order valence-electron chi connectivity index (χ4n) is 2.60. The van der Waals surface area contributed by atoms with Crippen molar-refractivity contribution < 1.29 is 4.92 Å². The third kappa shape index (κ3) is 2.60. The van der Waals surface area contributed by atoms with E-state index in [4.69, 9.17) is 0 Å². The Balaban J connectivity index is 1.56. The lowest BCUT2D eigenvalue weighted by Crippen LogP contribution is -2.18. The van der Waals surface area contributed by atoms with Crippen molar-refractivity contribution in [3.8, 4) is 0 Å². The Labute approximate surface area is 106 Å². The average molecular weight is 247 g/mol. The highest BCUT2D eigenvalue weighted by atomic mass is 16.6. The van der Waals surface area contributed by atoms with Crippen molar-refractivity contribution in [3.63, 3.8) is 0 Å². The van der Waals surface area contributed by atoms with Crippen LogP contribution in [0.2, 0.25) is 0 Å². The van der Waals surface area contributed by atoms with Crippen LogP contribution in [0.1, 0.15) is 25.7 Å². The number of hydrogen-bond acceptors (Lipinski definition) is 4. The minimum atomic E-state index is -0.471. The van der Waals surface area contributed by atoms with Gasteiger partial charge < -0.3 is 15.4 Å². The van der Waals surface area contributed by atoms with Gasteiger partial charge in [-0.1, -0.05) is 0 Å². The molecule has 0 bridgehead atoms. The molecule has 18 heavy (non-hydrogen) atoms. The SMILES string of the molecule is O=[N+]([O-])c1ccc(NCC(C2CC2)C2CC2)cn1. The van der Waals surface area contributed by atoms with Crippen LogP contribution in [-0.2, 0) is 0 Å². The number of aromatic nitrogens is 1. The highest BCUT2D eigenvalue weighted by Crippen LogP contribution is 2.49. The van der Waals surface area contributed by atoms with Gasteiger partial charge in [-0.25, -0.2) is 0 Å². The smallest absolute Gasteiger partial charge is 0.363 e. The first-order valence-corrected chi connectivity index (χ1v) is 6.58. The maximum absolute atomic E-state index is 10.5. The molecule has 5 heteroatoms. The summed E-state index contributed by atoms with van der Waals surface area (Å²) in [6.45, 7) is 0.981. The molecule has 1 aromatic rings. The Morgan fingerprint density at radius 3 is 2.44 bits per heavy atom. The summed E-state index contributed by atoms with van der Waals surface area (Å²) in [5.41, 5.74) is 0.881. The van der Waals surface area contributed by atoms with Crippen LogP contribution >= 0.6 is 0 Å². The van der Waals surface area contributed by atoms with Crippen molar-refractivity contribution in [2.45, 2.75) is 25.7 Å². The molecular weight excluding hydrogens is 230 g/mol. The number of nitro groups is 1. The zero-order valence-corrected chi connectivity index (χ0v) is 10.2. The van der Waals surface area contributed by atoms with Gasteiger partial charge in [0.05, 0.1) is 5.69 Å². The number of anilines is 1. The molecule has 0 unspecified atom stereocenters. The standard InChI is InChI=1S/C13H17N3O2/c17-16(18)13-6-5-11(7-15-13)14-8-12(9-1-2-9)10-3-4-10/h5-7,9-10,12,14H,1-4,8H2. The summed E-state index contributed by atoms with van der Waals surface area (Å²) in [6, 6.07) is 3.19. The van der Waals surface area contributed by atoms with Gasteiger partial charge in [-0.2, -0.15) is 0 Å². The van der Waals surface area contributed by atoms with Crippen molar-refractivity contribution in [3.05, 3.63) is 28.4 Å². The van der Waals surface area contributed by atoms with Crippen molar-refractivity contribution in [1.29, 1.82) is 0 Å². The molecule has 0 saturated heterocycles. The average Bonchev–Trinajstić information content (AvgIpc) is 3.24. The van der Waals surface area contributed by atoms with E-state index in [-0.39, 0.29) is 5.82 Å². The summed E-state index contributed by atoms with van der Waals surface area (Å²) in [6.07, 6.45) is 7.06. The Morgan fingerprint density at radius 2 is 2.00 bits per heavy atom. The second kappa shape index (κ2) is 4.55. The van der Waals surface area contributed by atoms with Gasteiger partial charge in [0.15, 0.2) is 6.20 Å². The second-order valence-electron chi connectivity index (χ2n) is 5.38. The summed E-state index contributed by atoms with van der Waals surface area (Å²) in [7, 11) is 0. The topological polar surface area (TPSA) is 68.1 Å².